The predicted molar refractivity (Wildman–Crippen MR) is 80.7 cm³/mol. The van der Waals surface area contributed by atoms with E-state index in [-0.39, 0.29) is 0 Å². The third-order valence-corrected chi connectivity index (χ3v) is 3.74. The first-order valence-corrected chi connectivity index (χ1v) is 6.70. The predicted octanol–water partition coefficient (Wildman–Crippen LogP) is 4.54. The molecule has 1 heterocycles. The largest absolute Gasteiger partial charge is 0.399 e. The first kappa shape index (κ1) is 11.1. The summed E-state index contributed by atoms with van der Waals surface area (Å²) in [6, 6.07) is 14.5. The van der Waals surface area contributed by atoms with Crippen molar-refractivity contribution in [3.63, 3.8) is 0 Å². The average Bonchev–Trinajstić information content (AvgIpc) is 2.74. The molecule has 18 heavy (non-hydrogen) atoms. The minimum absolute atomic E-state index is 0.786. The van der Waals surface area contributed by atoms with Gasteiger partial charge in [0.15, 0.2) is 0 Å². The fourth-order valence-electron chi connectivity index (χ4n) is 2.10. The highest BCUT2D eigenvalue weighted by molar-refractivity contribution is 7.17. The molecule has 0 radical (unpaired) electrons. The van der Waals surface area contributed by atoms with Crippen molar-refractivity contribution in [1.82, 2.24) is 0 Å². The Labute approximate surface area is 110 Å². The zero-order valence-electron chi connectivity index (χ0n) is 10.1. The van der Waals surface area contributed by atoms with Gasteiger partial charge in [-0.05, 0) is 65.7 Å². The Morgan fingerprint density at radius 3 is 2.72 bits per heavy atom. The van der Waals surface area contributed by atoms with Crippen molar-refractivity contribution in [3.05, 3.63) is 53.4 Å². The van der Waals surface area contributed by atoms with Gasteiger partial charge in [0.25, 0.3) is 0 Å². The van der Waals surface area contributed by atoms with E-state index in [0.29, 0.717) is 0 Å². The molecule has 2 aromatic carbocycles. The van der Waals surface area contributed by atoms with Crippen LogP contribution in [-0.2, 0) is 0 Å². The fourth-order valence-corrected chi connectivity index (χ4v) is 2.87. The van der Waals surface area contributed by atoms with E-state index >= 15 is 0 Å². The van der Waals surface area contributed by atoms with Gasteiger partial charge in [0.1, 0.15) is 0 Å². The number of aryl methyl sites for hydroxylation is 1. The zero-order chi connectivity index (χ0) is 12.5. The molecule has 0 unspecified atom stereocenters. The number of hydrogen-bond acceptors (Lipinski definition) is 3. The maximum atomic E-state index is 5.85. The lowest BCUT2D eigenvalue weighted by molar-refractivity contribution is 1.45. The van der Waals surface area contributed by atoms with Crippen molar-refractivity contribution in [2.75, 3.05) is 11.1 Å². The van der Waals surface area contributed by atoms with Gasteiger partial charge in [-0.15, -0.1) is 11.3 Å². The molecule has 1 aromatic heterocycles. The maximum absolute atomic E-state index is 5.85. The van der Waals surface area contributed by atoms with Gasteiger partial charge < -0.3 is 11.1 Å². The number of benzene rings is 2. The standard InChI is InChI=1S/C15H14N2S/c1-10-6-12(16)9-14(7-10)17-13-2-3-15-11(8-13)4-5-18-15/h2-9,17H,16H2,1H3. The first-order chi connectivity index (χ1) is 8.70. The Morgan fingerprint density at radius 1 is 1.00 bits per heavy atom. The first-order valence-electron chi connectivity index (χ1n) is 5.82. The molecule has 90 valence electrons. The van der Waals surface area contributed by atoms with E-state index in [1.807, 2.05) is 19.1 Å². The lowest BCUT2D eigenvalue weighted by Crippen LogP contribution is -1.93. The second-order valence-electron chi connectivity index (χ2n) is 4.43. The van der Waals surface area contributed by atoms with Crippen LogP contribution in [0.4, 0.5) is 17.1 Å². The molecule has 0 bridgehead atoms. The van der Waals surface area contributed by atoms with Crippen LogP contribution in [-0.4, -0.2) is 0 Å². The van der Waals surface area contributed by atoms with Crippen molar-refractivity contribution in [3.8, 4) is 0 Å². The van der Waals surface area contributed by atoms with Crippen LogP contribution in [0.1, 0.15) is 5.56 Å². The molecule has 0 amide bonds. The fraction of sp³-hybridized carbons (Fsp3) is 0.0667. The molecule has 3 N–H and O–H groups in total. The highest BCUT2D eigenvalue weighted by Crippen LogP contribution is 2.26. The van der Waals surface area contributed by atoms with Gasteiger partial charge in [-0.25, -0.2) is 0 Å². The van der Waals surface area contributed by atoms with E-state index in [9.17, 15) is 0 Å². The van der Waals surface area contributed by atoms with Gasteiger partial charge in [0.2, 0.25) is 0 Å². The molecule has 0 saturated carbocycles. The summed E-state index contributed by atoms with van der Waals surface area (Å²) in [4.78, 5) is 0. The lowest BCUT2D eigenvalue weighted by atomic mass is 10.2. The van der Waals surface area contributed by atoms with Crippen molar-refractivity contribution in [2.24, 2.45) is 0 Å². The zero-order valence-corrected chi connectivity index (χ0v) is 10.9. The van der Waals surface area contributed by atoms with E-state index < -0.39 is 0 Å². The number of nitrogens with two attached hydrogens (primary N) is 1. The normalized spacial score (nSPS) is 10.7. The SMILES string of the molecule is Cc1cc(N)cc(Nc2ccc3sccc3c2)c1. The summed E-state index contributed by atoms with van der Waals surface area (Å²) in [5, 5.41) is 6.77. The lowest BCUT2D eigenvalue weighted by Gasteiger charge is -2.08. The molecule has 0 atom stereocenters. The summed E-state index contributed by atoms with van der Waals surface area (Å²) in [5.74, 6) is 0. The van der Waals surface area contributed by atoms with Crippen LogP contribution in [0, 0.1) is 6.92 Å². The molecule has 3 rings (SSSR count). The van der Waals surface area contributed by atoms with Crippen LogP contribution in [0.15, 0.2) is 47.8 Å². The van der Waals surface area contributed by atoms with Gasteiger partial charge in [-0.3, -0.25) is 0 Å². The summed E-state index contributed by atoms with van der Waals surface area (Å²) in [6.45, 7) is 2.05. The average molecular weight is 254 g/mol. The number of hydrogen-bond donors (Lipinski definition) is 2. The highest BCUT2D eigenvalue weighted by Gasteiger charge is 2.00. The Balaban J connectivity index is 1.95. The summed E-state index contributed by atoms with van der Waals surface area (Å²) in [5.41, 5.74) is 9.91. The molecule has 0 saturated heterocycles. The second-order valence-corrected chi connectivity index (χ2v) is 5.38. The highest BCUT2D eigenvalue weighted by atomic mass is 32.1. The van der Waals surface area contributed by atoms with Gasteiger partial charge in [-0.2, -0.15) is 0 Å². The molecule has 0 aliphatic rings. The monoisotopic (exact) mass is 254 g/mol. The Kier molecular flexibility index (Phi) is 2.68. The van der Waals surface area contributed by atoms with Gasteiger partial charge in [0, 0.05) is 21.8 Å². The van der Waals surface area contributed by atoms with E-state index in [4.69, 9.17) is 5.73 Å². The van der Waals surface area contributed by atoms with Crippen molar-refractivity contribution >= 4 is 38.5 Å². The van der Waals surface area contributed by atoms with Crippen LogP contribution < -0.4 is 11.1 Å². The summed E-state index contributed by atoms with van der Waals surface area (Å²) >= 11 is 1.76. The van der Waals surface area contributed by atoms with Gasteiger partial charge >= 0.3 is 0 Å². The maximum Gasteiger partial charge on any atom is 0.0407 e. The van der Waals surface area contributed by atoms with Crippen molar-refractivity contribution in [2.45, 2.75) is 6.92 Å². The quantitative estimate of drug-likeness (QED) is 0.659. The summed E-state index contributed by atoms with van der Waals surface area (Å²) in [6.07, 6.45) is 0. The van der Waals surface area contributed by atoms with E-state index in [1.54, 1.807) is 11.3 Å². The molecule has 0 spiro atoms. The number of nitrogens with one attached hydrogen (secondary N) is 1. The summed E-state index contributed by atoms with van der Waals surface area (Å²) < 4.78 is 1.31. The topological polar surface area (TPSA) is 38.0 Å². The van der Waals surface area contributed by atoms with Crippen LogP contribution in [0.3, 0.4) is 0 Å². The third kappa shape index (κ3) is 2.17. The van der Waals surface area contributed by atoms with E-state index in [0.717, 1.165) is 22.6 Å². The second kappa shape index (κ2) is 4.35. The Bertz CT molecular complexity index is 680. The van der Waals surface area contributed by atoms with Gasteiger partial charge in [0.05, 0.1) is 0 Å². The molecular weight excluding hydrogens is 240 g/mol. The number of nitrogen functional groups attached to an aromatic ring is 1. The minimum atomic E-state index is 0.786. The molecular formula is C15H14N2S. The Morgan fingerprint density at radius 2 is 1.89 bits per heavy atom. The van der Waals surface area contributed by atoms with Gasteiger partial charge in [-0.1, -0.05) is 0 Å². The van der Waals surface area contributed by atoms with E-state index in [2.05, 4.69) is 41.0 Å². The number of rotatable bonds is 2. The van der Waals surface area contributed by atoms with Crippen LogP contribution in [0.2, 0.25) is 0 Å². The molecule has 0 aliphatic carbocycles. The molecule has 0 fully saturated rings. The summed E-state index contributed by atoms with van der Waals surface area (Å²) in [7, 11) is 0. The molecule has 3 heteroatoms. The van der Waals surface area contributed by atoms with Crippen LogP contribution >= 0.6 is 11.3 Å². The van der Waals surface area contributed by atoms with E-state index in [1.165, 1.54) is 10.1 Å². The number of thiophene rings is 1. The molecule has 0 aliphatic heterocycles. The van der Waals surface area contributed by atoms with Crippen LogP contribution in [0.5, 0.6) is 0 Å². The minimum Gasteiger partial charge on any atom is -0.399 e. The molecule has 3 aromatic rings. The number of fused-ring (bicyclic) bond motifs is 1. The smallest absolute Gasteiger partial charge is 0.0407 e. The third-order valence-electron chi connectivity index (χ3n) is 2.84. The van der Waals surface area contributed by atoms with Crippen molar-refractivity contribution in [1.29, 1.82) is 0 Å². The van der Waals surface area contributed by atoms with Crippen LogP contribution in [0.25, 0.3) is 10.1 Å². The van der Waals surface area contributed by atoms with Crippen molar-refractivity contribution < 1.29 is 0 Å². The Hall–Kier alpha value is -2.00. The number of anilines is 3. The molecule has 2 nitrogen and oxygen atoms in total.